The molecule has 132 valence electrons. The summed E-state index contributed by atoms with van der Waals surface area (Å²) in [7, 11) is 0. The number of fused-ring (bicyclic) bond motifs is 3. The molecule has 25 heavy (non-hydrogen) atoms. The van der Waals surface area contributed by atoms with Crippen molar-refractivity contribution in [3.8, 4) is 0 Å². The van der Waals surface area contributed by atoms with Crippen molar-refractivity contribution < 1.29 is 4.79 Å². The smallest absolute Gasteiger partial charge is 0.229 e. The molecule has 1 N–H and O–H groups in total. The van der Waals surface area contributed by atoms with Crippen LogP contribution < -0.4 is 5.32 Å². The maximum absolute atomic E-state index is 12.1. The fourth-order valence-electron chi connectivity index (χ4n) is 3.67. The van der Waals surface area contributed by atoms with E-state index in [-0.39, 0.29) is 11.3 Å². The fraction of sp³-hybridized carbons (Fsp3) is 0.500. The minimum atomic E-state index is -0.389. The van der Waals surface area contributed by atoms with Crippen molar-refractivity contribution in [1.82, 2.24) is 4.90 Å². The van der Waals surface area contributed by atoms with Crippen molar-refractivity contribution >= 4 is 34.2 Å². The van der Waals surface area contributed by atoms with E-state index in [1.165, 1.54) is 36.9 Å². The normalized spacial score (nSPS) is 25.2. The maximum Gasteiger partial charge on any atom is 0.229 e. The molecule has 0 unspecified atom stereocenters. The number of amidine groups is 1. The van der Waals surface area contributed by atoms with Gasteiger partial charge in [0, 0.05) is 16.5 Å². The van der Waals surface area contributed by atoms with E-state index >= 15 is 0 Å². The molecule has 1 fully saturated rings. The molecule has 0 bridgehead atoms. The van der Waals surface area contributed by atoms with Gasteiger partial charge in [-0.3, -0.25) is 9.79 Å². The van der Waals surface area contributed by atoms with Crippen LogP contribution in [0.15, 0.2) is 34.7 Å². The van der Waals surface area contributed by atoms with Crippen LogP contribution in [-0.4, -0.2) is 28.1 Å². The third-order valence-corrected chi connectivity index (χ3v) is 6.02. The summed E-state index contributed by atoms with van der Waals surface area (Å²) in [5, 5.41) is 6.37. The molecule has 1 saturated carbocycles. The van der Waals surface area contributed by atoms with Gasteiger partial charge >= 0.3 is 0 Å². The fourth-order valence-corrected chi connectivity index (χ4v) is 4.68. The van der Waals surface area contributed by atoms with Crippen molar-refractivity contribution in [1.29, 1.82) is 0 Å². The molecular weight excluding hydrogens is 330 g/mol. The first kappa shape index (κ1) is 16.7. The van der Waals surface area contributed by atoms with Crippen LogP contribution in [0, 0.1) is 5.41 Å². The molecule has 0 radical (unpaired) electrons. The van der Waals surface area contributed by atoms with Crippen LogP contribution in [-0.2, 0) is 4.79 Å². The number of carbonyl (C=O) groups excluding carboxylic acids is 1. The summed E-state index contributed by atoms with van der Waals surface area (Å²) >= 11 is 1.74. The van der Waals surface area contributed by atoms with Gasteiger partial charge in [-0.05, 0) is 30.5 Å². The highest BCUT2D eigenvalue weighted by Crippen LogP contribution is 2.44. The Bertz CT molecular complexity index is 745. The van der Waals surface area contributed by atoms with Gasteiger partial charge < -0.3 is 10.2 Å². The van der Waals surface area contributed by atoms with Crippen molar-refractivity contribution in [3.63, 3.8) is 0 Å². The Morgan fingerprint density at radius 2 is 1.92 bits per heavy atom. The maximum atomic E-state index is 12.1. The van der Waals surface area contributed by atoms with Crippen LogP contribution in [0.3, 0.4) is 0 Å². The monoisotopic (exact) mass is 355 g/mol. The van der Waals surface area contributed by atoms with Crippen LogP contribution in [0.25, 0.3) is 5.70 Å². The standard InChI is InChI=1S/C20H25N3OS/c1-20(2,3)18(24)21-14-10-8-13(9-11-14)17-12-25-19-22-15-6-4-5-7-16(15)23(17)19/h8-12,15-16H,4-7H2,1-3H3,(H,21,24)/t15-,16+/m1/s1. The van der Waals surface area contributed by atoms with E-state index in [1.54, 1.807) is 11.8 Å². The lowest BCUT2D eigenvalue weighted by atomic mass is 9.90. The Labute approximate surface area is 153 Å². The topological polar surface area (TPSA) is 44.7 Å². The molecule has 0 aromatic heterocycles. The summed E-state index contributed by atoms with van der Waals surface area (Å²) in [6, 6.07) is 9.20. The van der Waals surface area contributed by atoms with Gasteiger partial charge in [0.25, 0.3) is 0 Å². The van der Waals surface area contributed by atoms with Crippen LogP contribution in [0.4, 0.5) is 5.69 Å². The quantitative estimate of drug-likeness (QED) is 0.836. The molecule has 4 nitrogen and oxygen atoms in total. The highest BCUT2D eigenvalue weighted by molar-refractivity contribution is 8.16. The Hall–Kier alpha value is -1.75. The highest BCUT2D eigenvalue weighted by atomic mass is 32.2. The zero-order chi connectivity index (χ0) is 17.6. The van der Waals surface area contributed by atoms with E-state index in [0.717, 1.165) is 10.9 Å². The van der Waals surface area contributed by atoms with E-state index in [1.807, 2.05) is 32.9 Å². The summed E-state index contributed by atoms with van der Waals surface area (Å²) in [6.07, 6.45) is 5.05. The molecule has 0 saturated heterocycles. The number of hydrogen-bond acceptors (Lipinski definition) is 4. The van der Waals surface area contributed by atoms with Gasteiger partial charge in [-0.25, -0.2) is 0 Å². The lowest BCUT2D eigenvalue weighted by molar-refractivity contribution is -0.123. The second kappa shape index (κ2) is 6.20. The van der Waals surface area contributed by atoms with Gasteiger partial charge in [0.05, 0.1) is 17.8 Å². The Balaban J connectivity index is 1.51. The number of anilines is 1. The van der Waals surface area contributed by atoms with Crippen LogP contribution in [0.5, 0.6) is 0 Å². The van der Waals surface area contributed by atoms with Gasteiger partial charge in [-0.15, -0.1) is 0 Å². The van der Waals surface area contributed by atoms with E-state index in [2.05, 4.69) is 27.8 Å². The van der Waals surface area contributed by atoms with Crippen molar-refractivity contribution in [3.05, 3.63) is 35.2 Å². The molecular formula is C20H25N3OS. The molecule has 2 atom stereocenters. The number of carbonyl (C=O) groups is 1. The van der Waals surface area contributed by atoms with Gasteiger partial charge in [0.1, 0.15) is 0 Å². The Morgan fingerprint density at radius 3 is 2.64 bits per heavy atom. The highest BCUT2D eigenvalue weighted by Gasteiger charge is 2.42. The van der Waals surface area contributed by atoms with Crippen LogP contribution in [0.2, 0.25) is 0 Å². The van der Waals surface area contributed by atoms with Gasteiger partial charge in [0.15, 0.2) is 5.17 Å². The predicted octanol–water partition coefficient (Wildman–Crippen LogP) is 4.70. The van der Waals surface area contributed by atoms with Gasteiger partial charge in [0.2, 0.25) is 5.91 Å². The predicted molar refractivity (Wildman–Crippen MR) is 105 cm³/mol. The van der Waals surface area contributed by atoms with Gasteiger partial charge in [-0.2, -0.15) is 0 Å². The number of benzene rings is 1. The average Bonchev–Trinajstić information content (AvgIpc) is 3.14. The first-order valence-electron chi connectivity index (χ1n) is 9.09. The molecule has 2 heterocycles. The summed E-state index contributed by atoms with van der Waals surface area (Å²) in [6.45, 7) is 5.77. The molecule has 1 aliphatic carbocycles. The summed E-state index contributed by atoms with van der Waals surface area (Å²) in [4.78, 5) is 19.5. The minimum absolute atomic E-state index is 0.0369. The molecule has 1 aromatic rings. The molecule has 0 spiro atoms. The molecule has 2 aliphatic heterocycles. The number of nitrogens with zero attached hydrogens (tertiary/aromatic N) is 2. The van der Waals surface area contributed by atoms with E-state index in [4.69, 9.17) is 4.99 Å². The summed E-state index contributed by atoms with van der Waals surface area (Å²) in [5.41, 5.74) is 2.91. The third kappa shape index (κ3) is 3.10. The summed E-state index contributed by atoms with van der Waals surface area (Å²) in [5.74, 6) is 0.0369. The van der Waals surface area contributed by atoms with E-state index in [9.17, 15) is 4.79 Å². The minimum Gasteiger partial charge on any atom is -0.326 e. The first-order chi connectivity index (χ1) is 11.9. The second-order valence-corrected chi connectivity index (χ2v) is 8.94. The molecule has 4 rings (SSSR count). The zero-order valence-corrected chi connectivity index (χ0v) is 15.9. The lowest BCUT2D eigenvalue weighted by Gasteiger charge is -2.32. The van der Waals surface area contributed by atoms with Crippen molar-refractivity contribution in [2.24, 2.45) is 10.4 Å². The molecule has 1 aromatic carbocycles. The SMILES string of the molecule is CC(C)(C)C(=O)Nc1ccc(C2=CSC3=N[C@@H]4CCCC[C@@H]4N23)cc1. The molecule has 3 aliphatic rings. The van der Waals surface area contributed by atoms with Crippen LogP contribution in [0.1, 0.15) is 52.0 Å². The molecule has 5 heteroatoms. The Morgan fingerprint density at radius 1 is 1.20 bits per heavy atom. The number of aliphatic imine (C=N–C) groups is 1. The Kier molecular flexibility index (Phi) is 4.14. The largest absolute Gasteiger partial charge is 0.326 e. The average molecular weight is 356 g/mol. The van der Waals surface area contributed by atoms with Crippen LogP contribution >= 0.6 is 11.8 Å². The lowest BCUT2D eigenvalue weighted by Crippen LogP contribution is -2.38. The second-order valence-electron chi connectivity index (χ2n) is 8.10. The summed E-state index contributed by atoms with van der Waals surface area (Å²) < 4.78 is 0. The number of amides is 1. The first-order valence-corrected chi connectivity index (χ1v) is 9.97. The zero-order valence-electron chi connectivity index (χ0n) is 15.1. The van der Waals surface area contributed by atoms with Gasteiger partial charge in [-0.1, -0.05) is 57.5 Å². The van der Waals surface area contributed by atoms with Crippen molar-refractivity contribution in [2.45, 2.75) is 58.5 Å². The number of thioether (sulfide) groups is 1. The van der Waals surface area contributed by atoms with Crippen molar-refractivity contribution in [2.75, 3.05) is 5.32 Å². The number of hydrogen-bond donors (Lipinski definition) is 1. The van der Waals surface area contributed by atoms with E-state index < -0.39 is 0 Å². The van der Waals surface area contributed by atoms with E-state index in [0.29, 0.717) is 12.1 Å². The number of nitrogens with one attached hydrogen (secondary N) is 1. The third-order valence-electron chi connectivity index (χ3n) is 5.16. The molecule has 1 amide bonds. The number of rotatable bonds is 2.